The average Bonchev–Trinajstić information content (AvgIpc) is 3.22. The van der Waals surface area contributed by atoms with Crippen LogP contribution in [0.1, 0.15) is 24.2 Å². The van der Waals surface area contributed by atoms with Gasteiger partial charge in [-0.2, -0.15) is 18.2 Å². The molecule has 1 fully saturated rings. The third-order valence-corrected chi connectivity index (χ3v) is 5.76. The molecule has 194 valence electrons. The van der Waals surface area contributed by atoms with Gasteiger partial charge in [-0.3, -0.25) is 14.2 Å². The molecule has 1 aromatic carbocycles. The van der Waals surface area contributed by atoms with Gasteiger partial charge in [0.15, 0.2) is 16.9 Å². The maximum atomic E-state index is 13.1. The van der Waals surface area contributed by atoms with E-state index in [1.54, 1.807) is 36.1 Å². The lowest BCUT2D eigenvalue weighted by atomic mass is 10.1. The number of halogens is 3. The van der Waals surface area contributed by atoms with Crippen molar-refractivity contribution in [2.45, 2.75) is 20.0 Å². The van der Waals surface area contributed by atoms with Gasteiger partial charge in [-0.05, 0) is 38.1 Å². The number of anilines is 1. The molecule has 0 unspecified atom stereocenters. The van der Waals surface area contributed by atoms with E-state index in [0.29, 0.717) is 11.3 Å². The van der Waals surface area contributed by atoms with Gasteiger partial charge in [0.05, 0.1) is 18.8 Å². The van der Waals surface area contributed by atoms with E-state index < -0.39 is 23.4 Å². The molecule has 1 aliphatic rings. The number of hydrogen-bond donors (Lipinski definition) is 0. The fourth-order valence-electron chi connectivity index (χ4n) is 3.89. The van der Waals surface area contributed by atoms with Crippen molar-refractivity contribution < 1.29 is 27.6 Å². The van der Waals surface area contributed by atoms with E-state index in [4.69, 9.17) is 0 Å². The van der Waals surface area contributed by atoms with Gasteiger partial charge in [-0.15, -0.1) is 5.06 Å². The third kappa shape index (κ3) is 4.73. The molecule has 37 heavy (non-hydrogen) atoms. The minimum atomic E-state index is -5.12. The average molecular weight is 518 g/mol. The molecule has 2 aromatic heterocycles. The molecule has 14 heteroatoms. The number of ketones is 1. The number of nitrogens with zero attached hydrogens (tertiary/aromatic N) is 6. The molecule has 0 atom stereocenters. The third-order valence-electron chi connectivity index (χ3n) is 5.76. The van der Waals surface area contributed by atoms with E-state index in [9.17, 15) is 32.3 Å². The van der Waals surface area contributed by atoms with Crippen molar-refractivity contribution in [3.05, 3.63) is 50.7 Å². The quantitative estimate of drug-likeness (QED) is 0.373. The van der Waals surface area contributed by atoms with Crippen molar-refractivity contribution in [3.63, 3.8) is 0 Å². The summed E-state index contributed by atoms with van der Waals surface area (Å²) in [5, 5.41) is 0.899. The predicted octanol–water partition coefficient (Wildman–Crippen LogP) is 1.06. The second-order valence-electron chi connectivity index (χ2n) is 8.16. The van der Waals surface area contributed by atoms with E-state index in [2.05, 4.69) is 21.8 Å². The van der Waals surface area contributed by atoms with E-state index in [-0.39, 0.29) is 49.1 Å². The summed E-state index contributed by atoms with van der Waals surface area (Å²) in [5.74, 6) is 0.430. The number of rotatable bonds is 4. The number of hydrogen-bond acceptors (Lipinski definition) is 8. The summed E-state index contributed by atoms with van der Waals surface area (Å²) in [5.41, 5.74) is -0.473. The fraction of sp³-hybridized carbons (Fsp3) is 0.348. The van der Waals surface area contributed by atoms with Gasteiger partial charge in [0, 0.05) is 31.7 Å². The minimum absolute atomic E-state index is 0.0207. The summed E-state index contributed by atoms with van der Waals surface area (Å²) in [4.78, 5) is 59.6. The first-order chi connectivity index (χ1) is 17.4. The summed E-state index contributed by atoms with van der Waals surface area (Å²) in [6.45, 7) is 3.01. The van der Waals surface area contributed by atoms with Gasteiger partial charge in [0.2, 0.25) is 5.95 Å². The molecule has 0 N–H and O–H groups in total. The molecule has 1 saturated heterocycles. The SMILES string of the molecule is CC#Cn1c(N2CCN(OC(=O)C(F)(F)F)CC2)nc2c1c(=O)n(C)c(=O)n2-c1ccc(C(C)=O)cc1. The Labute approximate surface area is 207 Å². The van der Waals surface area contributed by atoms with Crippen LogP contribution < -0.4 is 16.1 Å². The van der Waals surface area contributed by atoms with Crippen LogP contribution in [0.15, 0.2) is 33.9 Å². The molecule has 1 aliphatic heterocycles. The zero-order valence-corrected chi connectivity index (χ0v) is 20.0. The van der Waals surface area contributed by atoms with Gasteiger partial charge < -0.3 is 9.74 Å². The molecule has 0 amide bonds. The summed E-state index contributed by atoms with van der Waals surface area (Å²) >= 11 is 0. The van der Waals surface area contributed by atoms with Crippen molar-refractivity contribution in [2.75, 3.05) is 31.1 Å². The number of Topliss-reactive ketones (excluding diaryl/α,β-unsaturated/α-hetero) is 1. The monoisotopic (exact) mass is 518 g/mol. The number of aromatic nitrogens is 4. The smallest absolute Gasteiger partial charge is 0.361 e. The Balaban J connectivity index is 1.79. The highest BCUT2D eigenvalue weighted by Gasteiger charge is 2.43. The van der Waals surface area contributed by atoms with Gasteiger partial charge in [-0.25, -0.2) is 18.7 Å². The van der Waals surface area contributed by atoms with Gasteiger partial charge in [0.1, 0.15) is 0 Å². The standard InChI is InChI=1S/C23H21F3N6O5/c1-4-9-31-17-18(27-21(31)29-10-12-30(13-11-29)37-20(35)23(24,25)26)32(22(36)28(3)19(17)34)16-7-5-15(6-8-16)14(2)33/h5-8H,10-13H2,1-3H3. The van der Waals surface area contributed by atoms with E-state index in [0.717, 1.165) is 9.63 Å². The molecule has 4 rings (SSSR count). The van der Waals surface area contributed by atoms with Crippen LogP contribution in [0, 0.1) is 12.0 Å². The fourth-order valence-corrected chi connectivity index (χ4v) is 3.89. The zero-order valence-electron chi connectivity index (χ0n) is 20.0. The Bertz CT molecular complexity index is 1570. The number of benzene rings is 1. The second kappa shape index (κ2) is 9.58. The molecular formula is C23H21F3N6O5. The van der Waals surface area contributed by atoms with E-state index >= 15 is 0 Å². The van der Waals surface area contributed by atoms with Crippen LogP contribution in [-0.4, -0.2) is 67.9 Å². The van der Waals surface area contributed by atoms with Crippen LogP contribution in [0.5, 0.6) is 0 Å². The van der Waals surface area contributed by atoms with Crippen molar-refractivity contribution in [1.29, 1.82) is 0 Å². The molecule has 0 saturated carbocycles. The molecule has 0 spiro atoms. The largest absolute Gasteiger partial charge is 0.492 e. The molecule has 0 radical (unpaired) electrons. The Morgan fingerprint density at radius 1 is 1.05 bits per heavy atom. The highest BCUT2D eigenvalue weighted by molar-refractivity contribution is 5.94. The Morgan fingerprint density at radius 3 is 2.22 bits per heavy atom. The van der Waals surface area contributed by atoms with Crippen LogP contribution in [-0.2, 0) is 16.7 Å². The molecule has 3 aromatic rings. The zero-order chi connectivity index (χ0) is 27.1. The number of hydroxylamine groups is 2. The van der Waals surface area contributed by atoms with Gasteiger partial charge in [-0.1, -0.05) is 5.92 Å². The van der Waals surface area contributed by atoms with Crippen LogP contribution in [0.25, 0.3) is 16.9 Å². The van der Waals surface area contributed by atoms with Crippen molar-refractivity contribution in [1.82, 2.24) is 23.7 Å². The summed E-state index contributed by atoms with van der Waals surface area (Å²) < 4.78 is 41.0. The van der Waals surface area contributed by atoms with Gasteiger partial charge in [0.25, 0.3) is 5.56 Å². The molecule has 11 nitrogen and oxygen atoms in total. The second-order valence-corrected chi connectivity index (χ2v) is 8.16. The van der Waals surface area contributed by atoms with Crippen LogP contribution in [0.2, 0.25) is 0 Å². The number of fused-ring (bicyclic) bond motifs is 1. The van der Waals surface area contributed by atoms with Crippen molar-refractivity contribution >= 4 is 28.9 Å². The number of piperazine rings is 1. The van der Waals surface area contributed by atoms with Crippen molar-refractivity contribution in [2.24, 2.45) is 7.05 Å². The van der Waals surface area contributed by atoms with Crippen LogP contribution >= 0.6 is 0 Å². The lowest BCUT2D eigenvalue weighted by Crippen LogP contribution is -2.49. The summed E-state index contributed by atoms with van der Waals surface area (Å²) in [7, 11) is 1.31. The number of carbonyl (C=O) groups excluding carboxylic acids is 2. The minimum Gasteiger partial charge on any atom is -0.361 e. The molecule has 3 heterocycles. The maximum absolute atomic E-state index is 13.1. The van der Waals surface area contributed by atoms with Crippen molar-refractivity contribution in [3.8, 4) is 17.7 Å². The van der Waals surface area contributed by atoms with Crippen LogP contribution in [0.4, 0.5) is 19.1 Å². The summed E-state index contributed by atoms with van der Waals surface area (Å²) in [6.07, 6.45) is -5.12. The highest BCUT2D eigenvalue weighted by atomic mass is 19.4. The number of carbonyl (C=O) groups is 2. The predicted molar refractivity (Wildman–Crippen MR) is 125 cm³/mol. The Kier molecular flexibility index (Phi) is 6.66. The Hall–Kier alpha value is -4.38. The topological polar surface area (TPSA) is 112 Å². The normalized spacial score (nSPS) is 14.4. The van der Waals surface area contributed by atoms with E-state index in [1.165, 1.54) is 23.1 Å². The summed E-state index contributed by atoms with van der Waals surface area (Å²) in [6, 6.07) is 9.00. The van der Waals surface area contributed by atoms with E-state index in [1.807, 2.05) is 0 Å². The van der Waals surface area contributed by atoms with Gasteiger partial charge >= 0.3 is 17.8 Å². The van der Waals surface area contributed by atoms with Crippen LogP contribution in [0.3, 0.4) is 0 Å². The molecular weight excluding hydrogens is 497 g/mol. The first-order valence-electron chi connectivity index (χ1n) is 11.0. The first kappa shape index (κ1) is 25.7. The lowest BCUT2D eigenvalue weighted by molar-refractivity contribution is -0.239. The highest BCUT2D eigenvalue weighted by Crippen LogP contribution is 2.23. The number of alkyl halides is 3. The first-order valence-corrected chi connectivity index (χ1v) is 11.0. The number of imidazole rings is 1. The molecule has 0 aliphatic carbocycles. The molecule has 0 bridgehead atoms. The maximum Gasteiger partial charge on any atom is 0.492 e. The lowest BCUT2D eigenvalue weighted by Gasteiger charge is -2.33. The Morgan fingerprint density at radius 2 is 1.68 bits per heavy atom.